The van der Waals surface area contributed by atoms with Crippen molar-refractivity contribution in [2.75, 3.05) is 6.26 Å². The Balaban J connectivity index is 1.51. The van der Waals surface area contributed by atoms with Crippen LogP contribution < -0.4 is 19.6 Å². The number of carbonyl (C=O) groups excluding carboxylic acids is 1. The van der Waals surface area contributed by atoms with Crippen molar-refractivity contribution in [1.29, 1.82) is 0 Å². The molecule has 0 bridgehead atoms. The summed E-state index contributed by atoms with van der Waals surface area (Å²) in [6.07, 6.45) is 3.50. The first-order valence-corrected chi connectivity index (χ1v) is 16.9. The number of nitrogens with zero attached hydrogens (tertiary/aromatic N) is 2. The number of thioether (sulfide) groups is 1. The number of hydrogen-bond donors (Lipinski definition) is 0. The number of halogens is 3. The quantitative estimate of drug-likeness (QED) is 0.139. The first-order chi connectivity index (χ1) is 20.5. The second kappa shape index (κ2) is 13.4. The maximum absolute atomic E-state index is 13.9. The van der Waals surface area contributed by atoms with Crippen LogP contribution >= 0.6 is 62.2 Å². The normalized spacial score (nSPS) is 15.0. The molecule has 0 N–H and O–H groups in total. The molecule has 0 aliphatic carbocycles. The van der Waals surface area contributed by atoms with Crippen LogP contribution in [0.4, 0.5) is 0 Å². The summed E-state index contributed by atoms with van der Waals surface area (Å²) in [4.78, 5) is 33.5. The average molecular weight is 719 g/mol. The van der Waals surface area contributed by atoms with Gasteiger partial charge in [0.1, 0.15) is 12.4 Å². The van der Waals surface area contributed by atoms with Crippen LogP contribution in [0.1, 0.15) is 43.5 Å². The Labute approximate surface area is 275 Å². The predicted molar refractivity (Wildman–Crippen MR) is 178 cm³/mol. The van der Waals surface area contributed by atoms with Crippen LogP contribution in [0.2, 0.25) is 10.0 Å². The molecule has 3 aromatic carbocycles. The minimum atomic E-state index is -0.664. The zero-order valence-corrected chi connectivity index (χ0v) is 28.4. The van der Waals surface area contributed by atoms with Gasteiger partial charge in [0.25, 0.3) is 5.56 Å². The highest BCUT2D eigenvalue weighted by Crippen LogP contribution is 2.32. The van der Waals surface area contributed by atoms with Gasteiger partial charge in [0.2, 0.25) is 0 Å². The molecule has 0 saturated heterocycles. The van der Waals surface area contributed by atoms with Crippen LogP contribution in [0.25, 0.3) is 6.08 Å². The van der Waals surface area contributed by atoms with Gasteiger partial charge in [-0.1, -0.05) is 58.8 Å². The number of rotatable bonds is 8. The van der Waals surface area contributed by atoms with E-state index in [9.17, 15) is 9.59 Å². The molecule has 0 unspecified atom stereocenters. The van der Waals surface area contributed by atoms with E-state index in [2.05, 4.69) is 20.9 Å². The largest absolute Gasteiger partial charge is 0.488 e. The lowest BCUT2D eigenvalue weighted by molar-refractivity contribution is -0.143. The molecule has 0 fully saturated rings. The molecule has 222 valence electrons. The van der Waals surface area contributed by atoms with Crippen molar-refractivity contribution in [2.45, 2.75) is 44.4 Å². The van der Waals surface area contributed by atoms with Crippen molar-refractivity contribution in [3.63, 3.8) is 0 Å². The fourth-order valence-corrected chi connectivity index (χ4v) is 7.06. The van der Waals surface area contributed by atoms with Gasteiger partial charge < -0.3 is 9.47 Å². The first kappa shape index (κ1) is 31.6. The average Bonchev–Trinajstić information content (AvgIpc) is 3.26. The summed E-state index contributed by atoms with van der Waals surface area (Å²) >= 11 is 18.8. The Morgan fingerprint density at radius 3 is 2.53 bits per heavy atom. The topological polar surface area (TPSA) is 69.9 Å². The van der Waals surface area contributed by atoms with E-state index in [4.69, 9.17) is 32.7 Å². The fraction of sp³-hybridized carbons (Fsp3) is 0.219. The van der Waals surface area contributed by atoms with Gasteiger partial charge in [0.05, 0.1) is 32.4 Å². The first-order valence-electron chi connectivity index (χ1n) is 13.3. The number of benzene rings is 3. The lowest BCUT2D eigenvalue weighted by atomic mass is 9.96. The van der Waals surface area contributed by atoms with E-state index in [-0.39, 0.29) is 18.3 Å². The third-order valence-electron chi connectivity index (χ3n) is 6.67. The van der Waals surface area contributed by atoms with Crippen LogP contribution in [-0.2, 0) is 16.1 Å². The van der Waals surface area contributed by atoms with Crippen LogP contribution in [0.15, 0.2) is 91.1 Å². The van der Waals surface area contributed by atoms with Gasteiger partial charge in [-0.05, 0) is 96.6 Å². The predicted octanol–water partition coefficient (Wildman–Crippen LogP) is 7.56. The summed E-state index contributed by atoms with van der Waals surface area (Å²) < 4.78 is 14.4. The minimum absolute atomic E-state index is 0.237. The molecule has 43 heavy (non-hydrogen) atoms. The second-order valence-corrected chi connectivity index (χ2v) is 13.6. The molecular formula is C32H27BrCl2N2O4S2. The number of allylic oxidation sites excluding steroid dienone is 1. The molecule has 5 rings (SSSR count). The van der Waals surface area contributed by atoms with Crippen molar-refractivity contribution in [3.05, 3.63) is 123 Å². The van der Waals surface area contributed by atoms with Gasteiger partial charge in [0.15, 0.2) is 4.80 Å². The highest BCUT2D eigenvalue weighted by molar-refractivity contribution is 9.10. The van der Waals surface area contributed by atoms with E-state index < -0.39 is 12.0 Å². The molecule has 0 saturated carbocycles. The summed E-state index contributed by atoms with van der Waals surface area (Å²) in [7, 11) is 0. The Morgan fingerprint density at radius 1 is 1.14 bits per heavy atom. The Kier molecular flexibility index (Phi) is 9.88. The number of fused-ring (bicyclic) bond motifs is 1. The van der Waals surface area contributed by atoms with Crippen molar-refractivity contribution in [1.82, 2.24) is 4.57 Å². The maximum atomic E-state index is 13.9. The SMILES string of the molecule is CSc1ccc([C@H]2C(C(=O)OC(C)C)=C(C)N=c3s/c(=C\c4ccc(OCc5ccc(Cl)cc5Cl)c(Br)c4)c(=O)n32)cc1. The molecule has 1 aliphatic rings. The van der Waals surface area contributed by atoms with Crippen LogP contribution in [-0.4, -0.2) is 22.9 Å². The third kappa shape index (κ3) is 6.97. The number of esters is 1. The minimum Gasteiger partial charge on any atom is -0.488 e. The zero-order chi connectivity index (χ0) is 30.8. The van der Waals surface area contributed by atoms with Crippen LogP contribution in [0, 0.1) is 0 Å². The number of ether oxygens (including phenoxy) is 2. The van der Waals surface area contributed by atoms with Gasteiger partial charge in [-0.25, -0.2) is 9.79 Å². The van der Waals surface area contributed by atoms with E-state index in [1.807, 2.05) is 60.9 Å². The number of thiazole rings is 1. The summed E-state index contributed by atoms with van der Waals surface area (Å²) in [6, 6.07) is 18.1. The summed E-state index contributed by atoms with van der Waals surface area (Å²) in [5.74, 6) is 0.145. The van der Waals surface area contributed by atoms with Crippen molar-refractivity contribution < 1.29 is 14.3 Å². The molecule has 4 aromatic rings. The lowest BCUT2D eigenvalue weighted by Crippen LogP contribution is -2.40. The van der Waals surface area contributed by atoms with Gasteiger partial charge in [-0.15, -0.1) is 11.8 Å². The molecule has 1 aliphatic heterocycles. The molecule has 1 aromatic heterocycles. The smallest absolute Gasteiger partial charge is 0.338 e. The summed E-state index contributed by atoms with van der Waals surface area (Å²) in [5, 5.41) is 1.09. The lowest BCUT2D eigenvalue weighted by Gasteiger charge is -2.25. The van der Waals surface area contributed by atoms with Gasteiger partial charge in [-0.3, -0.25) is 9.36 Å². The standard InChI is InChI=1S/C32H27BrCl2N2O4S2/c1-17(2)41-31(39)28-18(3)36-32-37(29(28)20-7-10-23(42-4)11-8-20)30(38)27(43-32)14-19-5-12-26(24(33)13-19)40-16-21-6-9-22(34)15-25(21)35/h5-15,17,29H,16H2,1-4H3/b27-14-/t29-/m0/s1. The molecular weight excluding hydrogens is 691 g/mol. The zero-order valence-electron chi connectivity index (χ0n) is 23.7. The second-order valence-electron chi connectivity index (χ2n) is 10.0. The molecule has 0 radical (unpaired) electrons. The molecule has 0 amide bonds. The number of carbonyl (C=O) groups is 1. The summed E-state index contributed by atoms with van der Waals surface area (Å²) in [5.41, 5.74) is 3.06. The van der Waals surface area contributed by atoms with E-state index in [1.165, 1.54) is 11.3 Å². The van der Waals surface area contributed by atoms with Crippen molar-refractivity contribution in [3.8, 4) is 5.75 Å². The van der Waals surface area contributed by atoms with Gasteiger partial charge in [-0.2, -0.15) is 0 Å². The van der Waals surface area contributed by atoms with E-state index in [1.54, 1.807) is 49.2 Å². The van der Waals surface area contributed by atoms with E-state index in [0.717, 1.165) is 26.1 Å². The molecule has 1 atom stereocenters. The third-order valence-corrected chi connectivity index (χ3v) is 9.60. The Morgan fingerprint density at radius 2 is 1.88 bits per heavy atom. The van der Waals surface area contributed by atoms with Crippen LogP contribution in [0.3, 0.4) is 0 Å². The highest BCUT2D eigenvalue weighted by Gasteiger charge is 2.33. The fourth-order valence-electron chi connectivity index (χ4n) is 4.63. The maximum Gasteiger partial charge on any atom is 0.338 e. The number of aromatic nitrogens is 1. The molecule has 2 heterocycles. The number of hydrogen-bond acceptors (Lipinski definition) is 7. The summed E-state index contributed by atoms with van der Waals surface area (Å²) in [6.45, 7) is 5.65. The van der Waals surface area contributed by atoms with E-state index >= 15 is 0 Å². The van der Waals surface area contributed by atoms with E-state index in [0.29, 0.717) is 36.4 Å². The van der Waals surface area contributed by atoms with Gasteiger partial charge >= 0.3 is 5.97 Å². The molecule has 11 heteroatoms. The molecule has 6 nitrogen and oxygen atoms in total. The van der Waals surface area contributed by atoms with Crippen LogP contribution in [0.5, 0.6) is 5.75 Å². The Bertz CT molecular complexity index is 1920. The Hall–Kier alpha value is -2.82. The highest BCUT2D eigenvalue weighted by atomic mass is 79.9. The molecule has 0 spiro atoms. The monoisotopic (exact) mass is 716 g/mol. The van der Waals surface area contributed by atoms with Crippen molar-refractivity contribution >= 4 is 74.3 Å². The van der Waals surface area contributed by atoms with Gasteiger partial charge in [0, 0.05) is 20.5 Å². The van der Waals surface area contributed by atoms with Crippen molar-refractivity contribution in [2.24, 2.45) is 4.99 Å².